The van der Waals surface area contributed by atoms with Gasteiger partial charge in [0.2, 0.25) is 5.79 Å². The van der Waals surface area contributed by atoms with Crippen LogP contribution in [0.4, 0.5) is 10.5 Å². The summed E-state index contributed by atoms with van der Waals surface area (Å²) in [6, 6.07) is 10.4. The Morgan fingerprint density at radius 1 is 1.04 bits per heavy atom. The molecule has 1 heterocycles. The van der Waals surface area contributed by atoms with Gasteiger partial charge < -0.3 is 34.0 Å². The monoisotopic (exact) mass is 761 g/mol. The molecule has 298 valence electrons. The predicted octanol–water partition coefficient (Wildman–Crippen LogP) is 7.72. The normalized spacial score (nSPS) is 24.4. The van der Waals surface area contributed by atoms with Crippen LogP contribution < -0.4 is 14.2 Å². The Morgan fingerprint density at radius 3 is 2.40 bits per heavy atom. The van der Waals surface area contributed by atoms with Crippen molar-refractivity contribution in [3.05, 3.63) is 95.1 Å². The molecule has 1 aliphatic heterocycles. The summed E-state index contributed by atoms with van der Waals surface area (Å²) in [6.45, 7) is 12.9. The molecule has 0 radical (unpaired) electrons. The van der Waals surface area contributed by atoms with Gasteiger partial charge in [-0.25, -0.2) is 4.79 Å². The van der Waals surface area contributed by atoms with E-state index in [4.69, 9.17) is 28.9 Å². The molecule has 2 aromatic carbocycles. The molecule has 13 heteroatoms. The number of benzene rings is 2. The zero-order chi connectivity index (χ0) is 39.4. The zero-order valence-electron chi connectivity index (χ0n) is 32.0. The summed E-state index contributed by atoms with van der Waals surface area (Å²) in [7, 11) is 0. The first kappa shape index (κ1) is 41.4. The minimum Gasteiger partial charge on any atom is -0.490 e. The van der Waals surface area contributed by atoms with Gasteiger partial charge in [0.05, 0.1) is 23.2 Å². The van der Waals surface area contributed by atoms with E-state index in [-0.39, 0.29) is 62.0 Å². The van der Waals surface area contributed by atoms with E-state index in [1.165, 1.54) is 24.3 Å². The lowest BCUT2D eigenvalue weighted by Crippen LogP contribution is -2.70. The zero-order valence-corrected chi connectivity index (χ0v) is 32.0. The smallest absolute Gasteiger partial charge is 0.415 e. The first-order valence-corrected chi connectivity index (χ1v) is 19.4. The summed E-state index contributed by atoms with van der Waals surface area (Å²) < 4.78 is 26.1. The molecule has 55 heavy (non-hydrogen) atoms. The molecule has 0 aromatic heterocycles. The second kappa shape index (κ2) is 19.7. The third-order valence-electron chi connectivity index (χ3n) is 10.6. The summed E-state index contributed by atoms with van der Waals surface area (Å²) in [5.41, 5.74) is 2.43. The number of non-ortho nitro benzene ring substituents is 1. The van der Waals surface area contributed by atoms with Gasteiger partial charge >= 0.3 is 6.09 Å². The predicted molar refractivity (Wildman–Crippen MR) is 208 cm³/mol. The average Bonchev–Trinajstić information content (AvgIpc) is 3.19. The maximum atomic E-state index is 14.4. The number of rotatable bonds is 21. The number of aliphatic hydroxyl groups is 2. The highest BCUT2D eigenvalue weighted by Crippen LogP contribution is 2.62. The molecule has 2 aliphatic carbocycles. The van der Waals surface area contributed by atoms with E-state index in [1.54, 1.807) is 17.1 Å². The number of nitrogens with zero attached hydrogens (tertiary/aromatic N) is 3. The Kier molecular flexibility index (Phi) is 14.9. The maximum Gasteiger partial charge on any atom is 0.415 e. The van der Waals surface area contributed by atoms with Crippen molar-refractivity contribution >= 4 is 17.5 Å². The van der Waals surface area contributed by atoms with Crippen LogP contribution in [-0.2, 0) is 9.57 Å². The molecule has 0 saturated heterocycles. The Hall–Kier alpha value is -4.72. The Balaban J connectivity index is 1.73. The highest BCUT2D eigenvalue weighted by atomic mass is 16.7. The molecule has 6 atom stereocenters. The van der Waals surface area contributed by atoms with Crippen molar-refractivity contribution < 1.29 is 43.7 Å². The number of unbranched alkanes of at least 4 members (excludes halogenated alkanes) is 2. The largest absolute Gasteiger partial charge is 0.490 e. The molecule has 1 amide bonds. The van der Waals surface area contributed by atoms with Crippen molar-refractivity contribution in [1.29, 1.82) is 0 Å². The van der Waals surface area contributed by atoms with Gasteiger partial charge in [-0.3, -0.25) is 15.0 Å². The van der Waals surface area contributed by atoms with Gasteiger partial charge in [0.15, 0.2) is 0 Å². The fourth-order valence-corrected chi connectivity index (χ4v) is 8.45. The van der Waals surface area contributed by atoms with E-state index >= 15 is 0 Å². The van der Waals surface area contributed by atoms with Crippen molar-refractivity contribution in [3.8, 4) is 17.2 Å². The minimum absolute atomic E-state index is 0.0572. The van der Waals surface area contributed by atoms with Gasteiger partial charge in [-0.2, -0.15) is 0 Å². The standard InChI is InChI=1S/C42H55N3O10/c1-5-21-44(41(48)54-31-17-15-30(16-18-31)45(49)50)38-28-36(43-53-8-4)34-26-29(13-9-11-22-46)33(14-10-12-23-47)39-35-27-32(51-24-6-2)19-20-37(35)55-42(38,40(34)39)52-25-7-3/h6-7,15-20,26-27,29,33,38-40,46-47H,2-3,5,8-14,21-25,28H2,1,4H3. The second-order valence-electron chi connectivity index (χ2n) is 14.1. The number of ether oxygens (including phenoxy) is 4. The van der Waals surface area contributed by atoms with Crippen LogP contribution in [0.15, 0.2) is 84.6 Å². The number of hydrogen-bond acceptors (Lipinski definition) is 11. The quantitative estimate of drug-likeness (QED) is 0.0557. The maximum absolute atomic E-state index is 14.4. The molecule has 0 spiro atoms. The lowest BCUT2D eigenvalue weighted by atomic mass is 9.55. The fourth-order valence-electron chi connectivity index (χ4n) is 8.45. The van der Waals surface area contributed by atoms with Crippen LogP contribution in [-0.4, -0.2) is 83.2 Å². The van der Waals surface area contributed by atoms with E-state index in [0.717, 1.165) is 36.8 Å². The topological polar surface area (TPSA) is 162 Å². The number of hydrogen-bond donors (Lipinski definition) is 2. The van der Waals surface area contributed by atoms with Gasteiger partial charge in [0.1, 0.15) is 36.5 Å². The summed E-state index contributed by atoms with van der Waals surface area (Å²) in [6.07, 6.45) is 10.3. The first-order valence-electron chi connectivity index (χ1n) is 19.4. The van der Waals surface area contributed by atoms with Gasteiger partial charge in [0, 0.05) is 49.8 Å². The van der Waals surface area contributed by atoms with Crippen LogP contribution in [0.25, 0.3) is 0 Å². The number of fused-ring (bicyclic) bond motifs is 2. The van der Waals surface area contributed by atoms with E-state index in [2.05, 4.69) is 19.2 Å². The van der Waals surface area contributed by atoms with Crippen molar-refractivity contribution in [2.45, 2.75) is 83.0 Å². The highest BCUT2D eigenvalue weighted by Gasteiger charge is 2.65. The highest BCUT2D eigenvalue weighted by molar-refractivity contribution is 6.03. The molecule has 3 aliphatic rings. The molecule has 13 nitrogen and oxygen atoms in total. The second-order valence-corrected chi connectivity index (χ2v) is 14.1. The summed E-state index contributed by atoms with van der Waals surface area (Å²) >= 11 is 0. The number of nitro benzene ring substituents is 1. The minimum atomic E-state index is -1.44. The van der Waals surface area contributed by atoms with E-state index in [9.17, 15) is 25.1 Å². The van der Waals surface area contributed by atoms with E-state index in [1.807, 2.05) is 32.0 Å². The third kappa shape index (κ3) is 9.22. The number of carbonyl (C=O) groups is 1. The molecule has 2 N–H and O–H groups in total. The van der Waals surface area contributed by atoms with Crippen LogP contribution in [0.2, 0.25) is 0 Å². The van der Waals surface area contributed by atoms with Gasteiger partial charge in [-0.15, -0.1) is 6.58 Å². The number of oxime groups is 1. The van der Waals surface area contributed by atoms with Crippen molar-refractivity contribution in [2.24, 2.45) is 22.9 Å². The molecule has 5 rings (SSSR count). The summed E-state index contributed by atoms with van der Waals surface area (Å²) in [5.74, 6) is -0.556. The summed E-state index contributed by atoms with van der Waals surface area (Å²) in [5, 5.41) is 35.6. The lowest BCUT2D eigenvalue weighted by Gasteiger charge is -2.59. The molecule has 1 saturated carbocycles. The number of aliphatic hydroxyl groups excluding tert-OH is 2. The molecular formula is C42H55N3O10. The molecular weight excluding hydrogens is 706 g/mol. The lowest BCUT2D eigenvalue weighted by molar-refractivity contribution is -0.384. The van der Waals surface area contributed by atoms with E-state index in [0.29, 0.717) is 49.7 Å². The SMILES string of the molecule is C=CCOc1ccc2c(c1)C1C(CCCCO)C(CCCCO)C=C3C(=NOCC)CC(N(CCC)C(=O)Oc4ccc([N+](=O)[O-])cc4)C(OCC=C)(O2)C31. The number of allylic oxidation sites excluding steroid dienone is 1. The fraction of sp³-hybridized carbons (Fsp3) is 0.524. The van der Waals surface area contributed by atoms with Crippen LogP contribution >= 0.6 is 0 Å². The first-order chi connectivity index (χ1) is 26.8. The van der Waals surface area contributed by atoms with Gasteiger partial charge in [0.25, 0.3) is 5.69 Å². The van der Waals surface area contributed by atoms with Crippen LogP contribution in [0.5, 0.6) is 17.2 Å². The summed E-state index contributed by atoms with van der Waals surface area (Å²) in [4.78, 5) is 32.6. The Morgan fingerprint density at radius 2 is 1.75 bits per heavy atom. The Labute approximate surface area is 323 Å². The number of carbonyl (C=O) groups excluding carboxylic acids is 1. The number of nitro groups is 1. The van der Waals surface area contributed by atoms with Crippen LogP contribution in [0.1, 0.15) is 76.7 Å². The Bertz CT molecular complexity index is 1690. The molecule has 6 unspecified atom stereocenters. The van der Waals surface area contributed by atoms with Crippen LogP contribution in [0, 0.1) is 27.9 Å². The van der Waals surface area contributed by atoms with Crippen molar-refractivity contribution in [1.82, 2.24) is 4.90 Å². The van der Waals surface area contributed by atoms with Gasteiger partial charge in [-0.05, 0) is 86.8 Å². The third-order valence-corrected chi connectivity index (χ3v) is 10.6. The number of amides is 1. The van der Waals surface area contributed by atoms with Crippen molar-refractivity contribution in [3.63, 3.8) is 0 Å². The van der Waals surface area contributed by atoms with Crippen molar-refractivity contribution in [2.75, 3.05) is 39.6 Å². The molecule has 2 aromatic rings. The van der Waals surface area contributed by atoms with Gasteiger partial charge in [-0.1, -0.05) is 49.7 Å². The van der Waals surface area contributed by atoms with Crippen LogP contribution in [0.3, 0.4) is 0 Å². The van der Waals surface area contributed by atoms with E-state index < -0.39 is 28.8 Å². The molecule has 0 bridgehead atoms. The molecule has 1 fully saturated rings. The average molecular weight is 762 g/mol.